The topological polar surface area (TPSA) is 0 Å². The first-order valence-electron chi connectivity index (χ1n) is 3.71. The summed E-state index contributed by atoms with van der Waals surface area (Å²) < 4.78 is 0. The minimum absolute atomic E-state index is 0.833. The Morgan fingerprint density at radius 2 is 2.00 bits per heavy atom. The summed E-state index contributed by atoms with van der Waals surface area (Å²) in [5.74, 6) is 0.833. The molecular weight excluding hydrogens is 108 g/mol. The van der Waals surface area contributed by atoms with E-state index in [4.69, 9.17) is 0 Å². The largest absolute Gasteiger partial charge is 0.0885 e. The van der Waals surface area contributed by atoms with Gasteiger partial charge in [0.25, 0.3) is 0 Å². The molecule has 0 atom stereocenters. The fourth-order valence-corrected chi connectivity index (χ4v) is 0.665. The normalized spacial score (nSPS) is 11.6. The summed E-state index contributed by atoms with van der Waals surface area (Å²) in [5.41, 5.74) is 0. The molecule has 0 nitrogen and oxygen atoms in total. The van der Waals surface area contributed by atoms with Gasteiger partial charge in [-0.3, -0.25) is 0 Å². The quantitative estimate of drug-likeness (QED) is 0.506. The van der Waals surface area contributed by atoms with E-state index in [1.54, 1.807) is 0 Å². The summed E-state index contributed by atoms with van der Waals surface area (Å²) in [7, 11) is 0. The van der Waals surface area contributed by atoms with E-state index >= 15 is 0 Å². The van der Waals surface area contributed by atoms with E-state index in [2.05, 4.69) is 32.9 Å². The SMILES string of the molecule is [CH2]C/C=C/CCC(C)C. The van der Waals surface area contributed by atoms with Crippen LogP contribution >= 0.6 is 0 Å². The molecule has 0 bridgehead atoms. The van der Waals surface area contributed by atoms with E-state index in [1.165, 1.54) is 12.8 Å². The second kappa shape index (κ2) is 5.87. The van der Waals surface area contributed by atoms with E-state index < -0.39 is 0 Å². The molecule has 0 N–H and O–H groups in total. The van der Waals surface area contributed by atoms with Crippen molar-refractivity contribution in [3.05, 3.63) is 19.1 Å². The molecular formula is C9H17. The Morgan fingerprint density at radius 1 is 1.33 bits per heavy atom. The van der Waals surface area contributed by atoms with Crippen LogP contribution in [0.3, 0.4) is 0 Å². The average molecular weight is 125 g/mol. The van der Waals surface area contributed by atoms with Crippen LogP contribution in [0, 0.1) is 12.8 Å². The molecule has 0 aliphatic rings. The molecule has 0 saturated carbocycles. The van der Waals surface area contributed by atoms with Crippen molar-refractivity contribution in [2.24, 2.45) is 5.92 Å². The predicted molar refractivity (Wildman–Crippen MR) is 43.2 cm³/mol. The zero-order chi connectivity index (χ0) is 7.11. The van der Waals surface area contributed by atoms with Gasteiger partial charge in [0, 0.05) is 0 Å². The van der Waals surface area contributed by atoms with Gasteiger partial charge < -0.3 is 0 Å². The summed E-state index contributed by atoms with van der Waals surface area (Å²) in [6.07, 6.45) is 7.79. The Morgan fingerprint density at radius 3 is 2.44 bits per heavy atom. The number of hydrogen-bond acceptors (Lipinski definition) is 0. The van der Waals surface area contributed by atoms with Crippen LogP contribution in [0.2, 0.25) is 0 Å². The maximum absolute atomic E-state index is 3.72. The maximum atomic E-state index is 3.72. The standard InChI is InChI=1S/C9H17/c1-4-5-6-7-8-9(2)3/h5-6,9H,1,4,7-8H2,2-3H3/b6-5+. The van der Waals surface area contributed by atoms with E-state index in [1.807, 2.05) is 0 Å². The highest BCUT2D eigenvalue weighted by molar-refractivity contribution is 4.82. The molecule has 0 saturated heterocycles. The summed E-state index contributed by atoms with van der Waals surface area (Å²) in [6, 6.07) is 0. The molecule has 0 aromatic heterocycles. The molecule has 53 valence electrons. The Bertz CT molecular complexity index is 70.1. The molecule has 1 radical (unpaired) electrons. The molecule has 0 aromatic carbocycles. The summed E-state index contributed by atoms with van der Waals surface area (Å²) in [5, 5.41) is 0. The van der Waals surface area contributed by atoms with E-state index in [9.17, 15) is 0 Å². The number of rotatable bonds is 4. The van der Waals surface area contributed by atoms with Crippen LogP contribution in [-0.2, 0) is 0 Å². The molecule has 9 heavy (non-hydrogen) atoms. The molecule has 0 aromatic rings. The molecule has 0 fully saturated rings. The van der Waals surface area contributed by atoms with Gasteiger partial charge in [-0.1, -0.05) is 26.0 Å². The molecule has 0 rings (SSSR count). The molecule has 0 heteroatoms. The van der Waals surface area contributed by atoms with Gasteiger partial charge in [-0.25, -0.2) is 0 Å². The number of hydrogen-bond donors (Lipinski definition) is 0. The van der Waals surface area contributed by atoms with Gasteiger partial charge in [-0.15, -0.1) is 0 Å². The lowest BCUT2D eigenvalue weighted by Crippen LogP contribution is -1.83. The second-order valence-electron chi connectivity index (χ2n) is 2.73. The smallest absolute Gasteiger partial charge is 0.0348 e. The van der Waals surface area contributed by atoms with E-state index in [0.717, 1.165) is 12.3 Å². The van der Waals surface area contributed by atoms with Gasteiger partial charge in [0.1, 0.15) is 0 Å². The zero-order valence-corrected chi connectivity index (χ0v) is 6.56. The van der Waals surface area contributed by atoms with Crippen molar-refractivity contribution in [1.82, 2.24) is 0 Å². The summed E-state index contributed by atoms with van der Waals surface area (Å²) in [4.78, 5) is 0. The third-order valence-electron chi connectivity index (χ3n) is 1.24. The molecule has 0 spiro atoms. The fourth-order valence-electron chi connectivity index (χ4n) is 0.665. The van der Waals surface area contributed by atoms with Crippen LogP contribution in [0.15, 0.2) is 12.2 Å². The monoisotopic (exact) mass is 125 g/mol. The lowest BCUT2D eigenvalue weighted by Gasteiger charge is -1.97. The Hall–Kier alpha value is -0.260. The summed E-state index contributed by atoms with van der Waals surface area (Å²) in [6.45, 7) is 8.21. The van der Waals surface area contributed by atoms with Crippen molar-refractivity contribution < 1.29 is 0 Å². The summed E-state index contributed by atoms with van der Waals surface area (Å²) >= 11 is 0. The lowest BCUT2D eigenvalue weighted by molar-refractivity contribution is 0.594. The van der Waals surface area contributed by atoms with Crippen LogP contribution in [0.25, 0.3) is 0 Å². The zero-order valence-electron chi connectivity index (χ0n) is 6.56. The van der Waals surface area contributed by atoms with Crippen LogP contribution in [0.5, 0.6) is 0 Å². The van der Waals surface area contributed by atoms with Gasteiger partial charge in [-0.05, 0) is 32.1 Å². The van der Waals surface area contributed by atoms with Crippen LogP contribution < -0.4 is 0 Å². The first kappa shape index (κ1) is 8.74. The van der Waals surface area contributed by atoms with Gasteiger partial charge in [0.05, 0.1) is 0 Å². The van der Waals surface area contributed by atoms with Gasteiger partial charge in [-0.2, -0.15) is 0 Å². The first-order valence-corrected chi connectivity index (χ1v) is 3.71. The minimum atomic E-state index is 0.833. The maximum Gasteiger partial charge on any atom is -0.0348 e. The highest BCUT2D eigenvalue weighted by Crippen LogP contribution is 2.03. The van der Waals surface area contributed by atoms with Crippen molar-refractivity contribution in [1.29, 1.82) is 0 Å². The molecule has 0 heterocycles. The third-order valence-corrected chi connectivity index (χ3v) is 1.24. The Kier molecular flexibility index (Phi) is 5.70. The van der Waals surface area contributed by atoms with Crippen LogP contribution in [-0.4, -0.2) is 0 Å². The fraction of sp³-hybridized carbons (Fsp3) is 0.667. The molecule has 0 unspecified atom stereocenters. The van der Waals surface area contributed by atoms with E-state index in [0.29, 0.717) is 0 Å². The highest BCUT2D eigenvalue weighted by atomic mass is 13.9. The first-order chi connectivity index (χ1) is 4.27. The lowest BCUT2D eigenvalue weighted by atomic mass is 10.1. The van der Waals surface area contributed by atoms with Crippen LogP contribution in [0.1, 0.15) is 33.1 Å². The second-order valence-corrected chi connectivity index (χ2v) is 2.73. The van der Waals surface area contributed by atoms with Crippen molar-refractivity contribution in [3.63, 3.8) is 0 Å². The Balaban J connectivity index is 2.99. The van der Waals surface area contributed by atoms with Crippen molar-refractivity contribution in [3.8, 4) is 0 Å². The molecule has 0 amide bonds. The van der Waals surface area contributed by atoms with Crippen molar-refractivity contribution >= 4 is 0 Å². The molecule has 0 aliphatic carbocycles. The average Bonchev–Trinajstić information content (AvgIpc) is 1.80. The van der Waals surface area contributed by atoms with Crippen molar-refractivity contribution in [2.45, 2.75) is 33.1 Å². The van der Waals surface area contributed by atoms with Gasteiger partial charge in [0.2, 0.25) is 0 Å². The third kappa shape index (κ3) is 7.74. The molecule has 0 aliphatic heterocycles. The van der Waals surface area contributed by atoms with Gasteiger partial charge in [0.15, 0.2) is 0 Å². The van der Waals surface area contributed by atoms with Gasteiger partial charge >= 0.3 is 0 Å². The Labute approximate surface area is 59.0 Å². The van der Waals surface area contributed by atoms with Crippen LogP contribution in [0.4, 0.5) is 0 Å². The predicted octanol–water partition coefficient (Wildman–Crippen LogP) is 3.20. The van der Waals surface area contributed by atoms with Crippen molar-refractivity contribution in [2.75, 3.05) is 0 Å². The minimum Gasteiger partial charge on any atom is -0.0885 e. The number of allylic oxidation sites excluding steroid dienone is 2. The highest BCUT2D eigenvalue weighted by Gasteiger charge is 1.88. The van der Waals surface area contributed by atoms with E-state index in [-0.39, 0.29) is 0 Å².